The Morgan fingerprint density at radius 3 is 2.54 bits per heavy atom. The molecule has 134 valence electrons. The summed E-state index contributed by atoms with van der Waals surface area (Å²) in [5.41, 5.74) is 3.40. The molecule has 2 aliphatic rings. The lowest BCUT2D eigenvalue weighted by Gasteiger charge is -2.41. The number of carbonyl (C=O) groups is 1. The predicted molar refractivity (Wildman–Crippen MR) is 93.8 cm³/mol. The minimum absolute atomic E-state index is 0.0561. The molecular weight excluding hydrogens is 336 g/mol. The number of non-ortho nitro benzene ring substituents is 1. The second kappa shape index (κ2) is 6.01. The molecule has 1 atom stereocenters. The monoisotopic (exact) mass is 354 g/mol. The molecule has 1 amide bonds. The van der Waals surface area contributed by atoms with Gasteiger partial charge in [-0.15, -0.1) is 0 Å². The Kier molecular flexibility index (Phi) is 3.79. The summed E-state index contributed by atoms with van der Waals surface area (Å²) in [7, 11) is 3.19. The van der Waals surface area contributed by atoms with Crippen LogP contribution in [-0.4, -0.2) is 36.5 Å². The van der Waals surface area contributed by atoms with Gasteiger partial charge in [-0.25, -0.2) is 0 Å². The molecule has 0 saturated carbocycles. The Morgan fingerprint density at radius 1 is 1.12 bits per heavy atom. The van der Waals surface area contributed by atoms with Crippen LogP contribution >= 0.6 is 0 Å². The van der Waals surface area contributed by atoms with E-state index in [2.05, 4.69) is 0 Å². The zero-order valence-electron chi connectivity index (χ0n) is 14.5. The smallest absolute Gasteiger partial charge is 0.270 e. The average Bonchev–Trinajstić information content (AvgIpc) is 2.66. The maximum atomic E-state index is 13.0. The fourth-order valence-corrected chi connectivity index (χ4v) is 3.91. The van der Waals surface area contributed by atoms with E-state index in [1.54, 1.807) is 25.2 Å². The molecule has 0 aromatic heterocycles. The van der Waals surface area contributed by atoms with Crippen LogP contribution in [0.3, 0.4) is 0 Å². The number of nitro benzene ring substituents is 1. The molecule has 0 fully saturated rings. The first-order chi connectivity index (χ1) is 12.5. The van der Waals surface area contributed by atoms with Crippen LogP contribution in [0.15, 0.2) is 30.3 Å². The molecular formula is C19H18N2O5. The highest BCUT2D eigenvalue weighted by Crippen LogP contribution is 2.42. The molecule has 0 N–H and O–H groups in total. The van der Waals surface area contributed by atoms with E-state index in [1.807, 2.05) is 12.1 Å². The van der Waals surface area contributed by atoms with E-state index < -0.39 is 4.92 Å². The largest absolute Gasteiger partial charge is 0.493 e. The molecule has 7 heteroatoms. The predicted octanol–water partition coefficient (Wildman–Crippen LogP) is 2.91. The number of ether oxygens (including phenoxy) is 2. The molecule has 4 rings (SSSR count). The number of hydrogen-bond acceptors (Lipinski definition) is 5. The number of rotatable bonds is 3. The number of carbonyl (C=O) groups excluding carboxylic acids is 1. The normalized spacial score (nSPS) is 17.8. The Balaban J connectivity index is 1.79. The van der Waals surface area contributed by atoms with Gasteiger partial charge in [0.25, 0.3) is 11.6 Å². The minimum atomic E-state index is -0.470. The molecule has 2 heterocycles. The number of amides is 1. The molecule has 2 aromatic carbocycles. The van der Waals surface area contributed by atoms with Gasteiger partial charge in [-0.05, 0) is 41.7 Å². The van der Waals surface area contributed by atoms with Crippen molar-refractivity contribution in [1.29, 1.82) is 0 Å². The molecule has 1 unspecified atom stereocenters. The summed E-state index contributed by atoms with van der Waals surface area (Å²) in [5.74, 6) is 1.16. The number of hydrogen-bond donors (Lipinski definition) is 0. The Morgan fingerprint density at radius 2 is 1.85 bits per heavy atom. The van der Waals surface area contributed by atoms with Crippen LogP contribution in [0.25, 0.3) is 0 Å². The van der Waals surface area contributed by atoms with Crippen LogP contribution < -0.4 is 9.47 Å². The Bertz CT molecular complexity index is 924. The van der Waals surface area contributed by atoms with Crippen molar-refractivity contribution in [3.63, 3.8) is 0 Å². The summed E-state index contributed by atoms with van der Waals surface area (Å²) in [5, 5.41) is 11.0. The quantitative estimate of drug-likeness (QED) is 0.625. The van der Waals surface area contributed by atoms with Crippen LogP contribution in [-0.2, 0) is 12.8 Å². The second-order valence-corrected chi connectivity index (χ2v) is 6.47. The molecule has 26 heavy (non-hydrogen) atoms. The second-order valence-electron chi connectivity index (χ2n) is 6.47. The van der Waals surface area contributed by atoms with Crippen molar-refractivity contribution in [1.82, 2.24) is 4.90 Å². The third-order valence-corrected chi connectivity index (χ3v) is 5.21. The van der Waals surface area contributed by atoms with Crippen molar-refractivity contribution >= 4 is 11.6 Å². The van der Waals surface area contributed by atoms with Crippen molar-refractivity contribution in [3.05, 3.63) is 62.7 Å². The van der Waals surface area contributed by atoms with Crippen molar-refractivity contribution in [3.8, 4) is 11.5 Å². The number of methoxy groups -OCH3 is 2. The Hall–Kier alpha value is -3.09. The lowest BCUT2D eigenvalue weighted by Crippen LogP contribution is -2.44. The maximum Gasteiger partial charge on any atom is 0.270 e. The van der Waals surface area contributed by atoms with E-state index >= 15 is 0 Å². The Labute approximate surface area is 150 Å². The fourth-order valence-electron chi connectivity index (χ4n) is 3.91. The lowest BCUT2D eigenvalue weighted by atomic mass is 9.83. The van der Waals surface area contributed by atoms with Gasteiger partial charge in [-0.3, -0.25) is 14.9 Å². The number of nitrogens with zero attached hydrogens (tertiary/aromatic N) is 2. The van der Waals surface area contributed by atoms with Crippen LogP contribution in [0.4, 0.5) is 5.69 Å². The van der Waals surface area contributed by atoms with Crippen LogP contribution in [0.5, 0.6) is 11.5 Å². The van der Waals surface area contributed by atoms with E-state index in [0.29, 0.717) is 36.4 Å². The summed E-state index contributed by atoms with van der Waals surface area (Å²) in [6, 6.07) is 8.35. The molecule has 0 aliphatic carbocycles. The van der Waals surface area contributed by atoms with Gasteiger partial charge in [-0.2, -0.15) is 0 Å². The van der Waals surface area contributed by atoms with E-state index in [-0.39, 0.29) is 17.6 Å². The van der Waals surface area contributed by atoms with E-state index in [4.69, 9.17) is 9.47 Å². The molecule has 0 bridgehead atoms. The molecule has 7 nitrogen and oxygen atoms in total. The number of nitro groups is 1. The highest BCUT2D eigenvalue weighted by Gasteiger charge is 2.38. The summed E-state index contributed by atoms with van der Waals surface area (Å²) in [4.78, 5) is 25.3. The number of fused-ring (bicyclic) bond motifs is 4. The van der Waals surface area contributed by atoms with Gasteiger partial charge in [0.1, 0.15) is 0 Å². The van der Waals surface area contributed by atoms with Crippen LogP contribution in [0.2, 0.25) is 0 Å². The standard InChI is InChI=1S/C19H18N2O5/c1-25-17-8-12-5-6-20-16(14(12)10-18(17)26-2)7-11-3-4-13(21(23)24)9-15(11)19(20)22/h3-4,8-10,16H,5-7H2,1-2H3. The highest BCUT2D eigenvalue weighted by atomic mass is 16.6. The highest BCUT2D eigenvalue weighted by molar-refractivity contribution is 5.98. The summed E-state index contributed by atoms with van der Waals surface area (Å²) >= 11 is 0. The zero-order chi connectivity index (χ0) is 18.4. The van der Waals surface area contributed by atoms with Gasteiger partial charge in [-0.1, -0.05) is 6.07 Å². The van der Waals surface area contributed by atoms with Gasteiger partial charge in [0.2, 0.25) is 0 Å². The first kappa shape index (κ1) is 16.4. The van der Waals surface area contributed by atoms with Gasteiger partial charge in [0.05, 0.1) is 25.2 Å². The first-order valence-corrected chi connectivity index (χ1v) is 8.36. The zero-order valence-corrected chi connectivity index (χ0v) is 14.5. The van der Waals surface area contributed by atoms with Crippen molar-refractivity contribution in [2.45, 2.75) is 18.9 Å². The molecule has 0 saturated heterocycles. The van der Waals surface area contributed by atoms with Gasteiger partial charge in [0, 0.05) is 24.2 Å². The van der Waals surface area contributed by atoms with Crippen molar-refractivity contribution < 1.29 is 19.2 Å². The minimum Gasteiger partial charge on any atom is -0.493 e. The molecule has 2 aliphatic heterocycles. The summed E-state index contributed by atoms with van der Waals surface area (Å²) in [6.07, 6.45) is 1.34. The summed E-state index contributed by atoms with van der Waals surface area (Å²) in [6.45, 7) is 0.577. The molecule has 0 radical (unpaired) electrons. The number of benzene rings is 2. The average molecular weight is 354 g/mol. The van der Waals surface area contributed by atoms with E-state index in [0.717, 1.165) is 16.7 Å². The van der Waals surface area contributed by atoms with Crippen LogP contribution in [0.1, 0.15) is 33.1 Å². The van der Waals surface area contributed by atoms with E-state index in [9.17, 15) is 14.9 Å². The van der Waals surface area contributed by atoms with Crippen LogP contribution in [0, 0.1) is 10.1 Å². The van der Waals surface area contributed by atoms with Gasteiger partial charge < -0.3 is 14.4 Å². The van der Waals surface area contributed by atoms with Gasteiger partial charge >= 0.3 is 0 Å². The molecule has 2 aromatic rings. The maximum absolute atomic E-state index is 13.0. The topological polar surface area (TPSA) is 81.9 Å². The van der Waals surface area contributed by atoms with Gasteiger partial charge in [0.15, 0.2) is 11.5 Å². The summed E-state index contributed by atoms with van der Waals surface area (Å²) < 4.78 is 10.8. The third-order valence-electron chi connectivity index (χ3n) is 5.21. The fraction of sp³-hybridized carbons (Fsp3) is 0.316. The van der Waals surface area contributed by atoms with Crippen molar-refractivity contribution in [2.24, 2.45) is 0 Å². The lowest BCUT2D eigenvalue weighted by molar-refractivity contribution is -0.384. The first-order valence-electron chi connectivity index (χ1n) is 8.36. The van der Waals surface area contributed by atoms with Crippen molar-refractivity contribution in [2.75, 3.05) is 20.8 Å². The van der Waals surface area contributed by atoms with E-state index in [1.165, 1.54) is 12.1 Å². The SMILES string of the molecule is COc1cc2c(cc1OC)C1Cc3ccc([N+](=O)[O-])cc3C(=O)N1CC2. The third kappa shape index (κ3) is 2.39. The molecule has 0 spiro atoms.